The Morgan fingerprint density at radius 2 is 2.05 bits per heavy atom. The van der Waals surface area contributed by atoms with Crippen LogP contribution >= 0.6 is 0 Å². The highest BCUT2D eigenvalue weighted by molar-refractivity contribution is 5.93. The minimum atomic E-state index is -0.213. The number of aryl methyl sites for hydroxylation is 1. The molecule has 22 heavy (non-hydrogen) atoms. The molecule has 1 aromatic carbocycles. The van der Waals surface area contributed by atoms with Crippen LogP contribution in [0, 0.1) is 6.92 Å². The van der Waals surface area contributed by atoms with E-state index in [-0.39, 0.29) is 11.9 Å². The molecule has 1 atom stereocenters. The van der Waals surface area contributed by atoms with Crippen LogP contribution in [-0.4, -0.2) is 20.9 Å². The zero-order chi connectivity index (χ0) is 15.5. The number of hydrogen-bond acceptors (Lipinski definition) is 4. The number of furan rings is 1. The number of benzene rings is 1. The quantitative estimate of drug-likeness (QED) is 0.803. The van der Waals surface area contributed by atoms with Gasteiger partial charge in [0.1, 0.15) is 0 Å². The lowest BCUT2D eigenvalue weighted by atomic mass is 10.1. The van der Waals surface area contributed by atoms with Crippen molar-refractivity contribution in [3.05, 3.63) is 65.9 Å². The Morgan fingerprint density at radius 3 is 2.64 bits per heavy atom. The van der Waals surface area contributed by atoms with E-state index >= 15 is 0 Å². The van der Waals surface area contributed by atoms with E-state index in [9.17, 15) is 4.79 Å². The van der Waals surface area contributed by atoms with Crippen LogP contribution in [0.1, 0.15) is 34.6 Å². The average molecular weight is 296 g/mol. The predicted octanol–water partition coefficient (Wildman–Crippen LogP) is 2.66. The molecule has 1 amide bonds. The Morgan fingerprint density at radius 1 is 1.27 bits per heavy atom. The summed E-state index contributed by atoms with van der Waals surface area (Å²) in [5.74, 6) is 0.140. The topological polar surface area (TPSA) is 73.0 Å². The molecular formula is C16H16N4O2. The number of nitrogens with one attached hydrogen (secondary N) is 1. The molecule has 2 heterocycles. The maximum absolute atomic E-state index is 12.1. The van der Waals surface area contributed by atoms with E-state index in [0.717, 1.165) is 16.8 Å². The normalized spacial score (nSPS) is 12.1. The molecule has 3 rings (SSSR count). The molecule has 0 saturated carbocycles. The van der Waals surface area contributed by atoms with Crippen molar-refractivity contribution in [2.75, 3.05) is 0 Å². The van der Waals surface area contributed by atoms with Crippen molar-refractivity contribution in [1.82, 2.24) is 20.3 Å². The molecule has 112 valence electrons. The lowest BCUT2D eigenvalue weighted by molar-refractivity contribution is 0.0911. The predicted molar refractivity (Wildman–Crippen MR) is 80.7 cm³/mol. The van der Waals surface area contributed by atoms with E-state index in [1.807, 2.05) is 38.1 Å². The Hall–Kier alpha value is -2.89. The number of carbonyl (C=O) groups excluding carboxylic acids is 1. The second kappa shape index (κ2) is 5.85. The van der Waals surface area contributed by atoms with Gasteiger partial charge in [-0.1, -0.05) is 17.3 Å². The first-order valence-electron chi connectivity index (χ1n) is 6.97. The van der Waals surface area contributed by atoms with E-state index < -0.39 is 0 Å². The highest BCUT2D eigenvalue weighted by atomic mass is 16.3. The van der Waals surface area contributed by atoms with Crippen LogP contribution in [0.4, 0.5) is 0 Å². The molecule has 6 heteroatoms. The molecule has 0 radical (unpaired) electrons. The molecule has 0 spiro atoms. The number of nitrogens with zero attached hydrogens (tertiary/aromatic N) is 3. The first kappa shape index (κ1) is 14.1. The van der Waals surface area contributed by atoms with Gasteiger partial charge in [-0.3, -0.25) is 4.79 Å². The number of amides is 1. The Bertz CT molecular complexity index is 760. The van der Waals surface area contributed by atoms with E-state index in [1.165, 1.54) is 6.26 Å². The summed E-state index contributed by atoms with van der Waals surface area (Å²) in [5, 5.41) is 10.6. The molecule has 0 bridgehead atoms. The minimum absolute atomic E-state index is 0.123. The molecule has 3 aromatic rings. The number of hydrogen-bond donors (Lipinski definition) is 1. The first-order valence-corrected chi connectivity index (χ1v) is 6.97. The van der Waals surface area contributed by atoms with Crippen LogP contribution in [0.2, 0.25) is 0 Å². The molecule has 0 fully saturated rings. The third kappa shape index (κ3) is 2.76. The molecule has 0 saturated heterocycles. The summed E-state index contributed by atoms with van der Waals surface area (Å²) in [7, 11) is 0. The molecule has 6 nitrogen and oxygen atoms in total. The number of carbonyl (C=O) groups is 1. The zero-order valence-corrected chi connectivity index (χ0v) is 12.4. The van der Waals surface area contributed by atoms with Gasteiger partial charge in [-0.15, -0.1) is 5.10 Å². The fraction of sp³-hybridized carbons (Fsp3) is 0.188. The van der Waals surface area contributed by atoms with Gasteiger partial charge in [-0.2, -0.15) is 0 Å². The molecule has 2 aromatic heterocycles. The van der Waals surface area contributed by atoms with Crippen molar-refractivity contribution in [3.63, 3.8) is 0 Å². The van der Waals surface area contributed by atoms with Crippen molar-refractivity contribution in [2.24, 2.45) is 0 Å². The SMILES string of the molecule is Cc1ccoc1C(=O)NC(C)c1ccc(-n2ccnn2)cc1. The second-order valence-electron chi connectivity index (χ2n) is 5.07. The van der Waals surface area contributed by atoms with Crippen LogP contribution in [0.25, 0.3) is 5.69 Å². The van der Waals surface area contributed by atoms with Gasteiger partial charge < -0.3 is 9.73 Å². The summed E-state index contributed by atoms with van der Waals surface area (Å²) in [6.45, 7) is 3.77. The third-order valence-electron chi connectivity index (χ3n) is 3.50. The van der Waals surface area contributed by atoms with Gasteiger partial charge in [-0.25, -0.2) is 4.68 Å². The Kier molecular flexibility index (Phi) is 3.74. The van der Waals surface area contributed by atoms with Gasteiger partial charge in [0.05, 0.1) is 30.4 Å². The standard InChI is InChI=1S/C16H16N4O2/c1-11-7-10-22-15(11)16(21)18-12(2)13-3-5-14(6-4-13)20-9-8-17-19-20/h3-10,12H,1-2H3,(H,18,21). The summed E-state index contributed by atoms with van der Waals surface area (Å²) in [6, 6.07) is 9.43. The summed E-state index contributed by atoms with van der Waals surface area (Å²) in [6.07, 6.45) is 4.92. The molecule has 1 unspecified atom stereocenters. The Labute approximate surface area is 127 Å². The molecule has 1 N–H and O–H groups in total. The van der Waals surface area contributed by atoms with Crippen molar-refractivity contribution < 1.29 is 9.21 Å². The van der Waals surface area contributed by atoms with E-state index in [0.29, 0.717) is 5.76 Å². The fourth-order valence-electron chi connectivity index (χ4n) is 2.21. The summed E-state index contributed by atoms with van der Waals surface area (Å²) >= 11 is 0. The zero-order valence-electron chi connectivity index (χ0n) is 12.4. The maximum atomic E-state index is 12.1. The lowest BCUT2D eigenvalue weighted by Crippen LogP contribution is -2.26. The van der Waals surface area contributed by atoms with Crippen molar-refractivity contribution in [2.45, 2.75) is 19.9 Å². The van der Waals surface area contributed by atoms with Gasteiger partial charge in [-0.05, 0) is 37.6 Å². The number of rotatable bonds is 4. The van der Waals surface area contributed by atoms with Crippen LogP contribution in [0.15, 0.2) is 53.4 Å². The molecule has 0 aliphatic rings. The first-order chi connectivity index (χ1) is 10.6. The van der Waals surface area contributed by atoms with E-state index in [2.05, 4.69) is 15.6 Å². The van der Waals surface area contributed by atoms with Crippen molar-refractivity contribution in [3.8, 4) is 5.69 Å². The average Bonchev–Trinajstić information content (AvgIpc) is 3.18. The molecule has 0 aliphatic heterocycles. The maximum Gasteiger partial charge on any atom is 0.287 e. The van der Waals surface area contributed by atoms with Crippen LogP contribution in [-0.2, 0) is 0 Å². The highest BCUT2D eigenvalue weighted by Crippen LogP contribution is 2.17. The van der Waals surface area contributed by atoms with Gasteiger partial charge in [0.2, 0.25) is 0 Å². The van der Waals surface area contributed by atoms with Crippen LogP contribution < -0.4 is 5.32 Å². The second-order valence-corrected chi connectivity index (χ2v) is 5.07. The molecular weight excluding hydrogens is 280 g/mol. The van der Waals surface area contributed by atoms with Crippen molar-refractivity contribution in [1.29, 1.82) is 0 Å². The van der Waals surface area contributed by atoms with Crippen LogP contribution in [0.3, 0.4) is 0 Å². The van der Waals surface area contributed by atoms with Gasteiger partial charge in [0, 0.05) is 5.56 Å². The summed E-state index contributed by atoms with van der Waals surface area (Å²) in [5.41, 5.74) is 2.74. The smallest absolute Gasteiger partial charge is 0.287 e. The summed E-state index contributed by atoms with van der Waals surface area (Å²) in [4.78, 5) is 12.1. The molecule has 0 aliphatic carbocycles. The fourth-order valence-corrected chi connectivity index (χ4v) is 2.21. The van der Waals surface area contributed by atoms with Gasteiger partial charge in [0.25, 0.3) is 5.91 Å². The summed E-state index contributed by atoms with van der Waals surface area (Å²) < 4.78 is 6.88. The van der Waals surface area contributed by atoms with E-state index in [1.54, 1.807) is 23.1 Å². The monoisotopic (exact) mass is 296 g/mol. The Balaban J connectivity index is 1.71. The number of aromatic nitrogens is 3. The van der Waals surface area contributed by atoms with Gasteiger partial charge in [0.15, 0.2) is 5.76 Å². The van der Waals surface area contributed by atoms with E-state index in [4.69, 9.17) is 4.42 Å². The lowest BCUT2D eigenvalue weighted by Gasteiger charge is -2.14. The third-order valence-corrected chi connectivity index (χ3v) is 3.50. The van der Waals surface area contributed by atoms with Gasteiger partial charge >= 0.3 is 0 Å². The largest absolute Gasteiger partial charge is 0.459 e. The minimum Gasteiger partial charge on any atom is -0.459 e. The highest BCUT2D eigenvalue weighted by Gasteiger charge is 2.16. The van der Waals surface area contributed by atoms with Crippen molar-refractivity contribution >= 4 is 5.91 Å². The van der Waals surface area contributed by atoms with Crippen LogP contribution in [0.5, 0.6) is 0 Å².